The van der Waals surface area contributed by atoms with Crippen LogP contribution in [0.5, 0.6) is 0 Å². The van der Waals surface area contributed by atoms with Gasteiger partial charge in [0, 0.05) is 19.6 Å². The van der Waals surface area contributed by atoms with Gasteiger partial charge in [0.2, 0.25) is 0 Å². The highest BCUT2D eigenvalue weighted by atomic mass is 32.2. The summed E-state index contributed by atoms with van der Waals surface area (Å²) in [5.41, 5.74) is 0. The van der Waals surface area contributed by atoms with E-state index in [4.69, 9.17) is 0 Å². The third-order valence-electron chi connectivity index (χ3n) is 14.0. The first-order chi connectivity index (χ1) is 32.8. The van der Waals surface area contributed by atoms with Crippen LogP contribution in [0, 0.1) is 0 Å². The van der Waals surface area contributed by atoms with Crippen LogP contribution < -0.4 is 0 Å². The maximum Gasteiger partial charge on any atom is 0.0345 e. The van der Waals surface area contributed by atoms with Crippen molar-refractivity contribution in [1.82, 2.24) is 0 Å². The minimum atomic E-state index is 1.29. The van der Waals surface area contributed by atoms with E-state index in [1.165, 1.54) is 331 Å². The molecule has 390 valence electrons. The van der Waals surface area contributed by atoms with Crippen LogP contribution >= 0.6 is 47.0 Å². The van der Waals surface area contributed by atoms with E-state index < -0.39 is 0 Å². The van der Waals surface area contributed by atoms with Crippen molar-refractivity contribution in [2.75, 3.05) is 23.0 Å². The highest BCUT2D eigenvalue weighted by Gasteiger charge is 2.14. The van der Waals surface area contributed by atoms with Crippen molar-refractivity contribution in [2.24, 2.45) is 0 Å². The summed E-state index contributed by atoms with van der Waals surface area (Å²) in [6.07, 6.45) is 68.9. The summed E-state index contributed by atoms with van der Waals surface area (Å²) in [5.74, 6) is 5.16. The second-order valence-corrected chi connectivity index (χ2v) is 25.2. The van der Waals surface area contributed by atoms with E-state index in [9.17, 15) is 0 Å². The van der Waals surface area contributed by atoms with Crippen LogP contribution in [0.3, 0.4) is 0 Å². The Morgan fingerprint density at radius 3 is 0.621 bits per heavy atom. The molecule has 0 aliphatic rings. The predicted molar refractivity (Wildman–Crippen MR) is 314 cm³/mol. The van der Waals surface area contributed by atoms with Crippen LogP contribution in [0.1, 0.15) is 336 Å². The molecule has 0 spiro atoms. The molecule has 0 saturated carbocycles. The largest absolute Gasteiger partial charge is 0.126 e. The molecular weight excluding hydrogens is 873 g/mol. The van der Waals surface area contributed by atoms with E-state index in [2.05, 4.69) is 86.9 Å². The van der Waals surface area contributed by atoms with Gasteiger partial charge in [-0.05, 0) is 60.8 Å². The van der Waals surface area contributed by atoms with E-state index >= 15 is 0 Å². The normalized spacial score (nSPS) is 11.7. The van der Waals surface area contributed by atoms with E-state index in [0.717, 1.165) is 0 Å². The first kappa shape index (κ1) is 64.6. The molecular formula is C62H118S4. The molecule has 0 fully saturated rings. The fourth-order valence-electron chi connectivity index (χ4n) is 9.49. The van der Waals surface area contributed by atoms with Crippen LogP contribution in [0.25, 0.3) is 0 Å². The number of hydrogen-bond donors (Lipinski definition) is 0. The van der Waals surface area contributed by atoms with Gasteiger partial charge in [-0.15, -0.1) is 47.0 Å². The monoisotopic (exact) mass is 991 g/mol. The number of thioether (sulfide) groups is 4. The fraction of sp³-hybridized carbons (Fsp3) is 0.903. The van der Waals surface area contributed by atoms with E-state index in [1.54, 1.807) is 19.6 Å². The molecule has 0 unspecified atom stereocenters. The van der Waals surface area contributed by atoms with Crippen molar-refractivity contribution >= 4 is 47.0 Å². The Kier molecular flexibility index (Phi) is 53.8. The Morgan fingerprint density at radius 1 is 0.212 bits per heavy atom. The Morgan fingerprint density at radius 2 is 0.394 bits per heavy atom. The highest BCUT2D eigenvalue weighted by molar-refractivity contribution is 8.04. The van der Waals surface area contributed by atoms with Gasteiger partial charge >= 0.3 is 0 Å². The minimum absolute atomic E-state index is 1.29. The molecule has 0 radical (unpaired) electrons. The summed E-state index contributed by atoms with van der Waals surface area (Å²) < 4.78 is 0. The molecule has 1 rings (SSSR count). The first-order valence-corrected chi connectivity index (χ1v) is 34.4. The Bertz CT molecular complexity index is 1020. The summed E-state index contributed by atoms with van der Waals surface area (Å²) in [6.45, 7) is 9.30. The molecule has 0 heterocycles. The van der Waals surface area contributed by atoms with Crippen LogP contribution in [-0.4, -0.2) is 23.0 Å². The van der Waals surface area contributed by atoms with Gasteiger partial charge in [0.15, 0.2) is 0 Å². The lowest BCUT2D eigenvalue weighted by atomic mass is 10.1. The molecule has 1 aromatic rings. The molecule has 0 aliphatic heterocycles. The van der Waals surface area contributed by atoms with Crippen molar-refractivity contribution in [2.45, 2.75) is 355 Å². The lowest BCUT2D eigenvalue weighted by molar-refractivity contribution is 0.548. The molecule has 0 amide bonds. The lowest BCUT2D eigenvalue weighted by Gasteiger charge is -2.17. The van der Waals surface area contributed by atoms with Crippen molar-refractivity contribution in [3.63, 3.8) is 0 Å². The van der Waals surface area contributed by atoms with Crippen molar-refractivity contribution in [1.29, 1.82) is 0 Å². The lowest BCUT2D eigenvalue weighted by Crippen LogP contribution is -1.93. The topological polar surface area (TPSA) is 0 Å². The summed E-state index contributed by atoms with van der Waals surface area (Å²) in [5, 5.41) is 0. The minimum Gasteiger partial charge on any atom is -0.126 e. The molecule has 0 aromatic heterocycles. The third kappa shape index (κ3) is 44.6. The second kappa shape index (κ2) is 54.9. The van der Waals surface area contributed by atoms with Gasteiger partial charge in [0.05, 0.1) is 0 Å². The molecule has 4 heteroatoms. The molecule has 0 N–H and O–H groups in total. The van der Waals surface area contributed by atoms with Gasteiger partial charge in [-0.2, -0.15) is 0 Å². The van der Waals surface area contributed by atoms with E-state index in [-0.39, 0.29) is 0 Å². The Hall–Kier alpha value is 0.620. The summed E-state index contributed by atoms with van der Waals surface area (Å²) >= 11 is 8.84. The Balaban J connectivity index is 2.76. The van der Waals surface area contributed by atoms with Crippen LogP contribution in [0.15, 0.2) is 31.7 Å². The molecule has 0 atom stereocenters. The maximum absolute atomic E-state index is 2.65. The van der Waals surface area contributed by atoms with Gasteiger partial charge in [-0.3, -0.25) is 0 Å². The fourth-order valence-corrected chi connectivity index (χ4v) is 14.4. The molecule has 66 heavy (non-hydrogen) atoms. The zero-order valence-corrected chi connectivity index (χ0v) is 48.8. The van der Waals surface area contributed by atoms with E-state index in [1.807, 2.05) is 0 Å². The molecule has 0 aliphatic carbocycles. The third-order valence-corrected chi connectivity index (χ3v) is 18.8. The van der Waals surface area contributed by atoms with Gasteiger partial charge in [-0.25, -0.2) is 0 Å². The second-order valence-electron chi connectivity index (χ2n) is 20.7. The van der Waals surface area contributed by atoms with Crippen molar-refractivity contribution < 1.29 is 0 Å². The predicted octanol–water partition coefficient (Wildman–Crippen LogP) is 24.9. The van der Waals surface area contributed by atoms with Crippen molar-refractivity contribution in [3.8, 4) is 0 Å². The zero-order chi connectivity index (χ0) is 47.3. The van der Waals surface area contributed by atoms with E-state index in [0.29, 0.717) is 0 Å². The number of hydrogen-bond acceptors (Lipinski definition) is 4. The van der Waals surface area contributed by atoms with Crippen molar-refractivity contribution in [3.05, 3.63) is 12.1 Å². The van der Waals surface area contributed by atoms with Crippen LogP contribution in [0.2, 0.25) is 0 Å². The molecule has 0 bridgehead atoms. The van der Waals surface area contributed by atoms with Crippen LogP contribution in [0.4, 0.5) is 0 Å². The maximum atomic E-state index is 2.65. The summed E-state index contributed by atoms with van der Waals surface area (Å²) in [4.78, 5) is 6.46. The molecule has 0 saturated heterocycles. The van der Waals surface area contributed by atoms with Crippen LogP contribution in [-0.2, 0) is 0 Å². The van der Waals surface area contributed by atoms with Gasteiger partial charge in [0.1, 0.15) is 0 Å². The smallest absolute Gasteiger partial charge is 0.0345 e. The number of unbranched alkanes of at least 4 members (excludes halogenated alkanes) is 44. The van der Waals surface area contributed by atoms with Gasteiger partial charge in [0.25, 0.3) is 0 Å². The number of benzene rings is 1. The molecule has 1 aromatic carbocycles. The average molecular weight is 992 g/mol. The van der Waals surface area contributed by atoms with Gasteiger partial charge in [-0.1, -0.05) is 310 Å². The summed E-state index contributed by atoms with van der Waals surface area (Å²) in [7, 11) is 0. The average Bonchev–Trinajstić information content (AvgIpc) is 3.32. The number of rotatable bonds is 56. The standard InChI is InChI=1S/C62H118S4/c1-5-9-13-17-21-25-29-33-37-41-45-49-53-63-59-57-60(64-54-50-46-42-38-34-30-26-22-18-14-10-6-2)62(66-56-52-48-44-40-36-32-28-24-20-16-12-8-4)61(58-59)65-55-51-47-43-39-35-31-27-23-19-15-11-7-3/h57-58H,5-56H2,1-4H3. The first-order valence-electron chi connectivity index (χ1n) is 30.5. The highest BCUT2D eigenvalue weighted by Crippen LogP contribution is 2.43. The Labute approximate surface area is 434 Å². The zero-order valence-electron chi connectivity index (χ0n) is 45.6. The molecule has 0 nitrogen and oxygen atoms in total. The summed E-state index contributed by atoms with van der Waals surface area (Å²) in [6, 6.07) is 5.30. The SMILES string of the molecule is CCCCCCCCCCCCCCSc1cc(SCCCCCCCCCCCCCC)c(SCCCCCCCCCCCCCC)c(SCCCCCCCCCCCCCC)c1. The van der Waals surface area contributed by atoms with Gasteiger partial charge < -0.3 is 0 Å². The quantitative estimate of drug-likeness (QED) is 0.0471.